The predicted molar refractivity (Wildman–Crippen MR) is 65.4 cm³/mol. The minimum Gasteiger partial charge on any atom is -0.465 e. The van der Waals surface area contributed by atoms with Crippen LogP contribution in [-0.2, 0) is 14.3 Å². The first-order valence-electron chi connectivity index (χ1n) is 6.29. The van der Waals surface area contributed by atoms with Gasteiger partial charge in [-0.05, 0) is 27.2 Å². The van der Waals surface area contributed by atoms with Crippen LogP contribution in [0.5, 0.6) is 0 Å². The Hall–Kier alpha value is -0.570. The van der Waals surface area contributed by atoms with Gasteiger partial charge in [0.1, 0.15) is 0 Å². The maximum absolute atomic E-state index is 11.7. The fourth-order valence-corrected chi connectivity index (χ4v) is 1.31. The minimum atomic E-state index is -0.527. The monoisotopic (exact) mass is 230 g/mol. The summed E-state index contributed by atoms with van der Waals surface area (Å²) in [5.74, 6) is -0.155. The van der Waals surface area contributed by atoms with Crippen molar-refractivity contribution in [2.45, 2.75) is 53.4 Å². The van der Waals surface area contributed by atoms with Crippen molar-refractivity contribution in [3.63, 3.8) is 0 Å². The highest BCUT2D eigenvalue weighted by Crippen LogP contribution is 2.18. The molecule has 0 atom stereocenters. The largest absolute Gasteiger partial charge is 0.465 e. The van der Waals surface area contributed by atoms with Gasteiger partial charge in [0.25, 0.3) is 0 Å². The van der Waals surface area contributed by atoms with Crippen LogP contribution >= 0.6 is 0 Å². The molecular formula is C13H26O3. The number of ether oxygens (including phenoxy) is 2. The molecule has 0 rings (SSSR count). The summed E-state index contributed by atoms with van der Waals surface area (Å²) in [6.45, 7) is 9.40. The van der Waals surface area contributed by atoms with Gasteiger partial charge in [0, 0.05) is 6.61 Å². The van der Waals surface area contributed by atoms with Gasteiger partial charge in [-0.15, -0.1) is 0 Å². The van der Waals surface area contributed by atoms with E-state index >= 15 is 0 Å². The third-order valence-corrected chi connectivity index (χ3v) is 2.45. The van der Waals surface area contributed by atoms with Gasteiger partial charge in [-0.3, -0.25) is 4.79 Å². The van der Waals surface area contributed by atoms with Gasteiger partial charge in [-0.1, -0.05) is 26.2 Å². The molecule has 16 heavy (non-hydrogen) atoms. The van der Waals surface area contributed by atoms with E-state index < -0.39 is 5.41 Å². The lowest BCUT2D eigenvalue weighted by atomic mass is 9.95. The van der Waals surface area contributed by atoms with Crippen LogP contribution in [0, 0.1) is 5.41 Å². The molecule has 0 amide bonds. The summed E-state index contributed by atoms with van der Waals surface area (Å²) in [6.07, 6.45) is 4.50. The highest BCUT2D eigenvalue weighted by Gasteiger charge is 2.29. The maximum atomic E-state index is 11.7. The van der Waals surface area contributed by atoms with Crippen molar-refractivity contribution in [1.29, 1.82) is 0 Å². The number of carbonyl (C=O) groups is 1. The van der Waals surface area contributed by atoms with Crippen molar-refractivity contribution in [3.8, 4) is 0 Å². The van der Waals surface area contributed by atoms with Crippen LogP contribution in [0.1, 0.15) is 53.4 Å². The van der Waals surface area contributed by atoms with E-state index in [-0.39, 0.29) is 5.97 Å². The average molecular weight is 230 g/mol. The van der Waals surface area contributed by atoms with Crippen LogP contribution in [0.15, 0.2) is 0 Å². The second kappa shape index (κ2) is 8.57. The molecule has 0 aromatic carbocycles. The molecule has 0 aliphatic heterocycles. The van der Waals surface area contributed by atoms with Gasteiger partial charge in [0.15, 0.2) is 0 Å². The fourth-order valence-electron chi connectivity index (χ4n) is 1.31. The molecule has 0 heterocycles. The Bertz CT molecular complexity index is 188. The molecule has 0 N–H and O–H groups in total. The first kappa shape index (κ1) is 15.4. The summed E-state index contributed by atoms with van der Waals surface area (Å²) in [6, 6.07) is 0. The molecule has 3 nitrogen and oxygen atoms in total. The van der Waals surface area contributed by atoms with E-state index in [1.165, 1.54) is 12.8 Å². The van der Waals surface area contributed by atoms with E-state index in [0.717, 1.165) is 12.8 Å². The summed E-state index contributed by atoms with van der Waals surface area (Å²) in [4.78, 5) is 11.7. The topological polar surface area (TPSA) is 35.5 Å². The van der Waals surface area contributed by atoms with E-state index in [0.29, 0.717) is 19.8 Å². The first-order chi connectivity index (χ1) is 7.54. The molecule has 0 saturated carbocycles. The van der Waals surface area contributed by atoms with Crippen molar-refractivity contribution in [3.05, 3.63) is 0 Å². The van der Waals surface area contributed by atoms with Crippen molar-refractivity contribution >= 4 is 5.97 Å². The molecule has 0 aromatic heterocycles. The van der Waals surface area contributed by atoms with Crippen LogP contribution in [0.3, 0.4) is 0 Å². The van der Waals surface area contributed by atoms with E-state index in [4.69, 9.17) is 9.47 Å². The van der Waals surface area contributed by atoms with E-state index in [2.05, 4.69) is 6.92 Å². The van der Waals surface area contributed by atoms with Gasteiger partial charge in [-0.25, -0.2) is 0 Å². The molecule has 0 unspecified atom stereocenters. The Morgan fingerprint density at radius 3 is 2.38 bits per heavy atom. The summed E-state index contributed by atoms with van der Waals surface area (Å²) in [5, 5.41) is 0. The second-order valence-corrected chi connectivity index (χ2v) is 4.72. The maximum Gasteiger partial charge on any atom is 0.313 e. The Morgan fingerprint density at radius 1 is 1.12 bits per heavy atom. The van der Waals surface area contributed by atoms with Crippen LogP contribution in [0.25, 0.3) is 0 Å². The van der Waals surface area contributed by atoms with Gasteiger partial charge < -0.3 is 9.47 Å². The van der Waals surface area contributed by atoms with Crippen LogP contribution < -0.4 is 0 Å². The Labute approximate surface area is 99.5 Å². The quantitative estimate of drug-likeness (QED) is 0.451. The molecule has 0 fully saturated rings. The number of hydrogen-bond donors (Lipinski definition) is 0. The number of rotatable bonds is 9. The Morgan fingerprint density at radius 2 is 1.81 bits per heavy atom. The van der Waals surface area contributed by atoms with Crippen molar-refractivity contribution in [1.82, 2.24) is 0 Å². The fraction of sp³-hybridized carbons (Fsp3) is 0.923. The second-order valence-electron chi connectivity index (χ2n) is 4.72. The van der Waals surface area contributed by atoms with Crippen LogP contribution in [0.4, 0.5) is 0 Å². The molecule has 0 spiro atoms. The van der Waals surface area contributed by atoms with Crippen molar-refractivity contribution < 1.29 is 14.3 Å². The Kier molecular flexibility index (Phi) is 8.26. The standard InChI is InChI=1S/C13H26O3/c1-5-7-8-9-10-16-12(14)13(3,4)11-15-6-2/h5-11H2,1-4H3. The third-order valence-electron chi connectivity index (χ3n) is 2.45. The third kappa shape index (κ3) is 6.83. The zero-order valence-electron chi connectivity index (χ0n) is 11.2. The predicted octanol–water partition coefficient (Wildman–Crippen LogP) is 3.17. The molecule has 0 bridgehead atoms. The highest BCUT2D eigenvalue weighted by molar-refractivity contribution is 5.76. The molecule has 3 heteroatoms. The number of esters is 1. The number of carbonyl (C=O) groups excluding carboxylic acids is 1. The summed E-state index contributed by atoms with van der Waals surface area (Å²) in [7, 11) is 0. The molecule has 0 radical (unpaired) electrons. The lowest BCUT2D eigenvalue weighted by molar-refractivity contribution is -0.157. The van der Waals surface area contributed by atoms with Gasteiger partial charge in [0.2, 0.25) is 0 Å². The lowest BCUT2D eigenvalue weighted by Gasteiger charge is -2.21. The highest BCUT2D eigenvalue weighted by atomic mass is 16.5. The summed E-state index contributed by atoms with van der Waals surface area (Å²) in [5.41, 5.74) is -0.527. The van der Waals surface area contributed by atoms with E-state index in [1.807, 2.05) is 20.8 Å². The normalized spacial score (nSPS) is 11.5. The molecule has 0 aliphatic rings. The summed E-state index contributed by atoms with van der Waals surface area (Å²) >= 11 is 0. The molecule has 0 saturated heterocycles. The van der Waals surface area contributed by atoms with E-state index in [9.17, 15) is 4.79 Å². The zero-order valence-corrected chi connectivity index (χ0v) is 11.2. The smallest absolute Gasteiger partial charge is 0.313 e. The number of hydrogen-bond acceptors (Lipinski definition) is 3. The van der Waals surface area contributed by atoms with Crippen molar-refractivity contribution in [2.24, 2.45) is 5.41 Å². The van der Waals surface area contributed by atoms with Crippen molar-refractivity contribution in [2.75, 3.05) is 19.8 Å². The molecule has 0 aliphatic carbocycles. The van der Waals surface area contributed by atoms with E-state index in [1.54, 1.807) is 0 Å². The molecular weight excluding hydrogens is 204 g/mol. The van der Waals surface area contributed by atoms with Crippen LogP contribution in [0.2, 0.25) is 0 Å². The molecule has 0 aromatic rings. The van der Waals surface area contributed by atoms with Crippen LogP contribution in [-0.4, -0.2) is 25.8 Å². The lowest BCUT2D eigenvalue weighted by Crippen LogP contribution is -2.31. The average Bonchev–Trinajstić information content (AvgIpc) is 2.26. The number of unbranched alkanes of at least 4 members (excludes halogenated alkanes) is 3. The van der Waals surface area contributed by atoms with Gasteiger partial charge in [0.05, 0.1) is 18.6 Å². The minimum absolute atomic E-state index is 0.155. The molecule has 96 valence electrons. The Balaban J connectivity index is 3.69. The first-order valence-corrected chi connectivity index (χ1v) is 6.29. The SMILES string of the molecule is CCCCCCOC(=O)C(C)(C)COCC. The summed E-state index contributed by atoms with van der Waals surface area (Å²) < 4.78 is 10.5. The zero-order chi connectivity index (χ0) is 12.4. The van der Waals surface area contributed by atoms with Gasteiger partial charge in [-0.2, -0.15) is 0 Å². The van der Waals surface area contributed by atoms with Gasteiger partial charge >= 0.3 is 5.97 Å².